The van der Waals surface area contributed by atoms with E-state index in [1.807, 2.05) is 0 Å². The smallest absolute Gasteiger partial charge is 0.303 e. The average molecular weight is 258 g/mol. The quantitative estimate of drug-likeness (QED) is 0.592. The molecule has 0 heterocycles. The molecule has 0 aliphatic heterocycles. The van der Waals surface area contributed by atoms with Gasteiger partial charge in [0.1, 0.15) is 0 Å². The number of carboxylic acids is 2. The highest BCUT2D eigenvalue weighted by Gasteiger charge is 2.32. The van der Waals surface area contributed by atoms with Crippen LogP contribution in [0.15, 0.2) is 0 Å². The topological polar surface area (TPSA) is 74.6 Å². The van der Waals surface area contributed by atoms with Crippen LogP contribution in [-0.2, 0) is 9.59 Å². The molecule has 4 nitrogen and oxygen atoms in total. The van der Waals surface area contributed by atoms with Crippen LogP contribution in [0.25, 0.3) is 0 Å². The number of rotatable bonds is 11. The molecule has 0 aromatic heterocycles. The van der Waals surface area contributed by atoms with E-state index < -0.39 is 11.9 Å². The zero-order valence-electron chi connectivity index (χ0n) is 11.6. The van der Waals surface area contributed by atoms with E-state index in [4.69, 9.17) is 10.2 Å². The normalized spacial score (nSPS) is 11.4. The first-order valence-electron chi connectivity index (χ1n) is 6.89. The Morgan fingerprint density at radius 3 is 1.72 bits per heavy atom. The molecule has 0 aliphatic rings. The summed E-state index contributed by atoms with van der Waals surface area (Å²) >= 11 is 0. The lowest BCUT2D eigenvalue weighted by molar-refractivity contribution is -0.142. The fraction of sp³-hybridized carbons (Fsp3) is 0.857. The molecule has 2 N–H and O–H groups in total. The van der Waals surface area contributed by atoms with Crippen LogP contribution in [0.1, 0.15) is 71.6 Å². The summed E-state index contributed by atoms with van der Waals surface area (Å²) in [6, 6.07) is 0. The van der Waals surface area contributed by atoms with E-state index in [9.17, 15) is 9.59 Å². The van der Waals surface area contributed by atoms with Gasteiger partial charge in [-0.05, 0) is 24.7 Å². The molecule has 0 spiro atoms. The van der Waals surface area contributed by atoms with Crippen molar-refractivity contribution in [2.45, 2.75) is 71.6 Å². The summed E-state index contributed by atoms with van der Waals surface area (Å²) in [7, 11) is 0. The Balaban J connectivity index is 4.72. The highest BCUT2D eigenvalue weighted by Crippen LogP contribution is 2.39. The van der Waals surface area contributed by atoms with Crippen LogP contribution in [0.5, 0.6) is 0 Å². The van der Waals surface area contributed by atoms with Crippen LogP contribution in [-0.4, -0.2) is 22.2 Å². The minimum atomic E-state index is -0.835. The Labute approximate surface area is 109 Å². The van der Waals surface area contributed by atoms with Crippen molar-refractivity contribution in [3.63, 3.8) is 0 Å². The summed E-state index contributed by atoms with van der Waals surface area (Å²) in [6.07, 6.45) is 6.26. The maximum absolute atomic E-state index is 11.0. The van der Waals surface area contributed by atoms with Crippen LogP contribution >= 0.6 is 0 Å². The van der Waals surface area contributed by atoms with Gasteiger partial charge >= 0.3 is 11.9 Å². The summed E-state index contributed by atoms with van der Waals surface area (Å²) in [5, 5.41) is 17.9. The van der Waals surface area contributed by atoms with Crippen molar-refractivity contribution in [2.75, 3.05) is 0 Å². The number of hydrogen-bond donors (Lipinski definition) is 2. The molecule has 0 unspecified atom stereocenters. The Kier molecular flexibility index (Phi) is 8.42. The molecule has 0 aliphatic carbocycles. The van der Waals surface area contributed by atoms with Crippen LogP contribution in [0.3, 0.4) is 0 Å². The van der Waals surface area contributed by atoms with Crippen LogP contribution < -0.4 is 0 Å². The molecule has 0 saturated carbocycles. The fourth-order valence-corrected chi connectivity index (χ4v) is 2.44. The SMILES string of the molecule is CCCCC(CCCC)(CCC(=O)O)CC(=O)O. The van der Waals surface area contributed by atoms with Gasteiger partial charge in [0.05, 0.1) is 6.42 Å². The highest BCUT2D eigenvalue weighted by molar-refractivity contribution is 5.69. The first-order valence-corrected chi connectivity index (χ1v) is 6.89. The maximum Gasteiger partial charge on any atom is 0.303 e. The molecule has 0 bridgehead atoms. The Bertz CT molecular complexity index is 253. The van der Waals surface area contributed by atoms with Crippen molar-refractivity contribution in [3.05, 3.63) is 0 Å². The van der Waals surface area contributed by atoms with E-state index in [1.165, 1.54) is 0 Å². The van der Waals surface area contributed by atoms with Gasteiger partial charge in [-0.15, -0.1) is 0 Å². The van der Waals surface area contributed by atoms with Gasteiger partial charge in [0.2, 0.25) is 0 Å². The van der Waals surface area contributed by atoms with Gasteiger partial charge in [0.25, 0.3) is 0 Å². The second kappa shape index (κ2) is 8.95. The monoisotopic (exact) mass is 258 g/mol. The number of carboxylic acid groups (broad SMARTS) is 2. The highest BCUT2D eigenvalue weighted by atomic mass is 16.4. The van der Waals surface area contributed by atoms with Crippen molar-refractivity contribution in [1.29, 1.82) is 0 Å². The third kappa shape index (κ3) is 7.30. The van der Waals surface area contributed by atoms with Gasteiger partial charge in [-0.25, -0.2) is 0 Å². The van der Waals surface area contributed by atoms with Crippen molar-refractivity contribution in [1.82, 2.24) is 0 Å². The molecular weight excluding hydrogens is 232 g/mol. The molecular formula is C14H26O4. The van der Waals surface area contributed by atoms with Gasteiger partial charge in [-0.3, -0.25) is 9.59 Å². The number of unbranched alkanes of at least 4 members (excludes halogenated alkanes) is 2. The van der Waals surface area contributed by atoms with Crippen molar-refractivity contribution < 1.29 is 19.8 Å². The molecule has 0 aromatic rings. The van der Waals surface area contributed by atoms with Gasteiger partial charge < -0.3 is 10.2 Å². The zero-order valence-corrected chi connectivity index (χ0v) is 11.6. The third-order valence-electron chi connectivity index (χ3n) is 3.52. The van der Waals surface area contributed by atoms with Gasteiger partial charge in [0, 0.05) is 6.42 Å². The molecule has 0 aromatic carbocycles. The Morgan fingerprint density at radius 2 is 1.39 bits per heavy atom. The van der Waals surface area contributed by atoms with Gasteiger partial charge in [-0.2, -0.15) is 0 Å². The molecule has 0 rings (SSSR count). The minimum Gasteiger partial charge on any atom is -0.481 e. The van der Waals surface area contributed by atoms with E-state index in [2.05, 4.69) is 13.8 Å². The first-order chi connectivity index (χ1) is 8.45. The second-order valence-electron chi connectivity index (χ2n) is 5.17. The first kappa shape index (κ1) is 16.9. The lowest BCUT2D eigenvalue weighted by Gasteiger charge is -2.32. The molecule has 0 saturated heterocycles. The summed E-state index contributed by atoms with van der Waals surface area (Å²) in [5.74, 6) is -1.65. The summed E-state index contributed by atoms with van der Waals surface area (Å²) in [4.78, 5) is 21.8. The second-order valence-corrected chi connectivity index (χ2v) is 5.17. The molecule has 0 amide bonds. The Morgan fingerprint density at radius 1 is 0.889 bits per heavy atom. The number of aliphatic carboxylic acids is 2. The minimum absolute atomic E-state index is 0.0701. The predicted molar refractivity (Wildman–Crippen MR) is 70.6 cm³/mol. The van der Waals surface area contributed by atoms with Gasteiger partial charge in [0.15, 0.2) is 0 Å². The van der Waals surface area contributed by atoms with E-state index >= 15 is 0 Å². The number of hydrogen-bond acceptors (Lipinski definition) is 2. The average Bonchev–Trinajstić information content (AvgIpc) is 2.30. The van der Waals surface area contributed by atoms with Crippen molar-refractivity contribution in [3.8, 4) is 0 Å². The molecule has 106 valence electrons. The molecule has 18 heavy (non-hydrogen) atoms. The van der Waals surface area contributed by atoms with Gasteiger partial charge in [-0.1, -0.05) is 39.5 Å². The fourth-order valence-electron chi connectivity index (χ4n) is 2.44. The number of carbonyl (C=O) groups is 2. The Hall–Kier alpha value is -1.06. The predicted octanol–water partition coefficient (Wildman–Crippen LogP) is 3.69. The third-order valence-corrected chi connectivity index (χ3v) is 3.52. The van der Waals surface area contributed by atoms with E-state index in [0.717, 1.165) is 38.5 Å². The van der Waals surface area contributed by atoms with Crippen LogP contribution in [0.4, 0.5) is 0 Å². The zero-order chi connectivity index (χ0) is 14.0. The van der Waals surface area contributed by atoms with E-state index in [1.54, 1.807) is 0 Å². The largest absolute Gasteiger partial charge is 0.481 e. The van der Waals surface area contributed by atoms with Crippen molar-refractivity contribution in [2.24, 2.45) is 5.41 Å². The van der Waals surface area contributed by atoms with Crippen LogP contribution in [0, 0.1) is 5.41 Å². The lowest BCUT2D eigenvalue weighted by atomic mass is 9.72. The molecule has 0 atom stereocenters. The summed E-state index contributed by atoms with van der Waals surface area (Å²) in [6.45, 7) is 4.14. The van der Waals surface area contributed by atoms with Crippen molar-refractivity contribution >= 4 is 11.9 Å². The van der Waals surface area contributed by atoms with E-state index in [0.29, 0.717) is 6.42 Å². The standard InChI is InChI=1S/C14H26O4/c1-3-5-8-14(9-6-4-2,11-13(17)18)10-7-12(15)16/h3-11H2,1-2H3,(H,15,16)(H,17,18). The van der Waals surface area contributed by atoms with E-state index in [-0.39, 0.29) is 18.3 Å². The molecule has 0 radical (unpaired) electrons. The summed E-state index contributed by atoms with van der Waals surface area (Å²) < 4.78 is 0. The lowest BCUT2D eigenvalue weighted by Crippen LogP contribution is -2.26. The maximum atomic E-state index is 11.0. The molecule has 4 heteroatoms. The summed E-state index contributed by atoms with van der Waals surface area (Å²) in [5.41, 5.74) is -0.323. The van der Waals surface area contributed by atoms with Crippen LogP contribution in [0.2, 0.25) is 0 Å². The molecule has 0 fully saturated rings.